The highest BCUT2D eigenvalue weighted by molar-refractivity contribution is 5.99. The summed E-state index contributed by atoms with van der Waals surface area (Å²) in [5.74, 6) is -7.71. The van der Waals surface area contributed by atoms with Crippen LogP contribution in [0, 0.1) is 23.4 Å². The van der Waals surface area contributed by atoms with Crippen LogP contribution < -0.4 is 25.2 Å². The third-order valence-corrected chi connectivity index (χ3v) is 6.61. The van der Waals surface area contributed by atoms with Crippen LogP contribution in [0.2, 0.25) is 0 Å². The van der Waals surface area contributed by atoms with E-state index < -0.39 is 77.4 Å². The van der Waals surface area contributed by atoms with Crippen molar-refractivity contribution in [1.29, 1.82) is 0 Å². The topological polar surface area (TPSA) is 89.9 Å². The maximum atomic E-state index is 15.1. The van der Waals surface area contributed by atoms with E-state index in [1.165, 1.54) is 7.11 Å². The number of aryl methyl sites for hydroxylation is 1. The molecule has 1 aliphatic rings. The van der Waals surface area contributed by atoms with Gasteiger partial charge in [-0.2, -0.15) is 0 Å². The van der Waals surface area contributed by atoms with Crippen LogP contribution in [0.4, 0.5) is 32.0 Å². The van der Waals surface area contributed by atoms with Gasteiger partial charge in [-0.1, -0.05) is 0 Å². The van der Waals surface area contributed by atoms with Crippen molar-refractivity contribution in [3.63, 3.8) is 0 Å². The van der Waals surface area contributed by atoms with Crippen LogP contribution in [0.15, 0.2) is 53.5 Å². The number of nitrogens with zero attached hydrogens (tertiary/aromatic N) is 2. The van der Waals surface area contributed by atoms with E-state index in [9.17, 15) is 31.9 Å². The van der Waals surface area contributed by atoms with Gasteiger partial charge in [-0.05, 0) is 31.2 Å². The van der Waals surface area contributed by atoms with Gasteiger partial charge in [0.25, 0.3) is 11.5 Å². The van der Waals surface area contributed by atoms with E-state index >= 15 is 8.78 Å². The Morgan fingerprint density at radius 1 is 1.02 bits per heavy atom. The number of pyridine rings is 1. The van der Waals surface area contributed by atoms with Gasteiger partial charge in [0.2, 0.25) is 5.91 Å². The molecule has 2 amide bonds. The average Bonchev–Trinajstić information content (AvgIpc) is 3.22. The zero-order valence-electron chi connectivity index (χ0n) is 21.6. The lowest BCUT2D eigenvalue weighted by atomic mass is 9.87. The molecule has 41 heavy (non-hydrogen) atoms. The molecule has 0 radical (unpaired) electrons. The summed E-state index contributed by atoms with van der Waals surface area (Å²) in [5.41, 5.74) is -1.63. The number of alkyl halides is 3. The summed E-state index contributed by atoms with van der Waals surface area (Å²) < 4.78 is 91.4. The summed E-state index contributed by atoms with van der Waals surface area (Å²) in [6, 6.07) is 6.61. The van der Waals surface area contributed by atoms with Gasteiger partial charge in [0.05, 0.1) is 13.0 Å². The molecule has 1 aliphatic heterocycles. The van der Waals surface area contributed by atoms with E-state index in [0.717, 1.165) is 58.1 Å². The third-order valence-electron chi connectivity index (χ3n) is 6.61. The highest BCUT2D eigenvalue weighted by Gasteiger charge is 2.45. The summed E-state index contributed by atoms with van der Waals surface area (Å²) in [4.78, 5) is 40.1. The van der Waals surface area contributed by atoms with Crippen molar-refractivity contribution < 1.29 is 45.4 Å². The molecule has 2 heterocycles. The van der Waals surface area contributed by atoms with Gasteiger partial charge in [0.1, 0.15) is 34.6 Å². The van der Waals surface area contributed by atoms with E-state index in [1.54, 1.807) is 6.92 Å². The zero-order chi connectivity index (χ0) is 30.1. The van der Waals surface area contributed by atoms with Crippen LogP contribution in [0.25, 0.3) is 0 Å². The Morgan fingerprint density at radius 3 is 2.22 bits per heavy atom. The minimum atomic E-state index is -4.93. The number of ether oxygens (including phenoxy) is 2. The summed E-state index contributed by atoms with van der Waals surface area (Å²) in [6.07, 6.45) is -3.98. The molecular formula is C27H23F6N3O5. The first kappa shape index (κ1) is 29.5. The van der Waals surface area contributed by atoms with Crippen LogP contribution in [-0.2, 0) is 11.3 Å². The minimum Gasteiger partial charge on any atom is -0.497 e. The number of amides is 2. The molecule has 0 bridgehead atoms. The Kier molecular flexibility index (Phi) is 8.31. The zero-order valence-corrected chi connectivity index (χ0v) is 21.6. The number of benzene rings is 2. The van der Waals surface area contributed by atoms with E-state index in [2.05, 4.69) is 10.1 Å². The summed E-state index contributed by atoms with van der Waals surface area (Å²) in [7, 11) is 1.21. The van der Waals surface area contributed by atoms with Crippen molar-refractivity contribution in [2.45, 2.75) is 25.7 Å². The molecular weight excluding hydrogens is 560 g/mol. The number of methoxy groups -OCH3 is 1. The number of hydrogen-bond donors (Lipinski definition) is 1. The minimum absolute atomic E-state index is 0.0864. The first-order valence-corrected chi connectivity index (χ1v) is 12.2. The van der Waals surface area contributed by atoms with Crippen LogP contribution >= 0.6 is 0 Å². The van der Waals surface area contributed by atoms with Crippen LogP contribution in [-0.4, -0.2) is 42.9 Å². The predicted octanol–water partition coefficient (Wildman–Crippen LogP) is 4.37. The monoisotopic (exact) mass is 583 g/mol. The summed E-state index contributed by atoms with van der Waals surface area (Å²) >= 11 is 0. The molecule has 1 N–H and O–H groups in total. The predicted molar refractivity (Wildman–Crippen MR) is 133 cm³/mol. The number of hydrogen-bond acceptors (Lipinski definition) is 5. The molecule has 4 rings (SSSR count). The number of aromatic nitrogens is 1. The van der Waals surface area contributed by atoms with E-state index in [-0.39, 0.29) is 23.5 Å². The lowest BCUT2D eigenvalue weighted by molar-refractivity contribution is -0.274. The van der Waals surface area contributed by atoms with E-state index in [1.807, 2.05) is 0 Å². The Morgan fingerprint density at radius 2 is 1.66 bits per heavy atom. The molecule has 8 nitrogen and oxygen atoms in total. The SMILES string of the molecule is CCn1cc(F)cc(N2C[C@@H](c3c(F)cc(OC)cc3F)C(CNC(=O)c3ccc(OC(F)(F)F)cc3)C2=O)c1=O. The smallest absolute Gasteiger partial charge is 0.497 e. The highest BCUT2D eigenvalue weighted by atomic mass is 19.4. The lowest BCUT2D eigenvalue weighted by Crippen LogP contribution is -2.38. The largest absolute Gasteiger partial charge is 0.573 e. The quantitative estimate of drug-likeness (QED) is 0.398. The van der Waals surface area contributed by atoms with Crippen molar-refractivity contribution >= 4 is 17.5 Å². The molecule has 14 heteroatoms. The second-order valence-electron chi connectivity index (χ2n) is 9.08. The fourth-order valence-electron chi connectivity index (χ4n) is 4.68. The number of carbonyl (C=O) groups is 2. The Balaban J connectivity index is 1.66. The van der Waals surface area contributed by atoms with E-state index in [0.29, 0.717) is 0 Å². The Hall–Kier alpha value is -4.49. The molecule has 0 saturated carbocycles. The summed E-state index contributed by atoms with van der Waals surface area (Å²) in [6.45, 7) is 0.789. The number of carbonyl (C=O) groups excluding carboxylic acids is 2. The van der Waals surface area contributed by atoms with Crippen molar-refractivity contribution in [2.75, 3.05) is 25.1 Å². The van der Waals surface area contributed by atoms with Gasteiger partial charge in [-0.15, -0.1) is 13.2 Å². The number of nitrogens with one attached hydrogen (secondary N) is 1. The normalized spacial score (nSPS) is 17.1. The van der Waals surface area contributed by atoms with Gasteiger partial charge >= 0.3 is 6.36 Å². The standard InChI is InChI=1S/C27H23F6N3O5/c1-3-35-12-15(28)8-22(26(35)39)36-13-19(23-20(29)9-17(40-2)10-21(23)30)18(25(36)38)11-34-24(37)14-4-6-16(7-5-14)41-27(31,32)33/h4-10,12,18-19H,3,11,13H2,1-2H3,(H,34,37)/t18?,19-/m1/s1. The Bertz CT molecular complexity index is 1500. The molecule has 0 aliphatic carbocycles. The molecule has 1 unspecified atom stereocenters. The molecule has 2 atom stereocenters. The molecule has 1 saturated heterocycles. The lowest BCUT2D eigenvalue weighted by Gasteiger charge is -2.19. The van der Waals surface area contributed by atoms with Crippen LogP contribution in [0.1, 0.15) is 28.8 Å². The summed E-state index contributed by atoms with van der Waals surface area (Å²) in [5, 5.41) is 2.44. The second kappa shape index (κ2) is 11.6. The molecule has 3 aromatic rings. The van der Waals surface area contributed by atoms with Gasteiger partial charge in [-0.3, -0.25) is 14.4 Å². The van der Waals surface area contributed by atoms with Crippen molar-refractivity contribution in [2.24, 2.45) is 5.92 Å². The maximum absolute atomic E-state index is 15.1. The highest BCUT2D eigenvalue weighted by Crippen LogP contribution is 2.39. The molecule has 218 valence electrons. The van der Waals surface area contributed by atoms with Crippen LogP contribution in [0.5, 0.6) is 11.5 Å². The van der Waals surface area contributed by atoms with Gasteiger partial charge in [0, 0.05) is 61.1 Å². The molecule has 2 aromatic carbocycles. The van der Waals surface area contributed by atoms with Gasteiger partial charge < -0.3 is 24.3 Å². The fourth-order valence-corrected chi connectivity index (χ4v) is 4.68. The first-order chi connectivity index (χ1) is 19.3. The van der Waals surface area contributed by atoms with E-state index in [4.69, 9.17) is 4.74 Å². The first-order valence-electron chi connectivity index (χ1n) is 12.2. The second-order valence-corrected chi connectivity index (χ2v) is 9.08. The third kappa shape index (κ3) is 6.31. The number of rotatable bonds is 8. The van der Waals surface area contributed by atoms with Crippen LogP contribution in [0.3, 0.4) is 0 Å². The van der Waals surface area contributed by atoms with Crippen molar-refractivity contribution in [1.82, 2.24) is 9.88 Å². The number of anilines is 1. The number of halogens is 6. The molecule has 1 fully saturated rings. The molecule has 0 spiro atoms. The molecule has 1 aromatic heterocycles. The van der Waals surface area contributed by atoms with Crippen molar-refractivity contribution in [3.8, 4) is 11.5 Å². The van der Waals surface area contributed by atoms with Gasteiger partial charge in [0.15, 0.2) is 0 Å². The Labute approximate surface area is 229 Å². The fraction of sp³-hybridized carbons (Fsp3) is 0.296. The average molecular weight is 583 g/mol. The van der Waals surface area contributed by atoms with Gasteiger partial charge in [-0.25, -0.2) is 13.2 Å². The maximum Gasteiger partial charge on any atom is 0.573 e. The van der Waals surface area contributed by atoms with Crippen molar-refractivity contribution in [3.05, 3.63) is 87.6 Å².